The average molecular weight is 338 g/mol. The fraction of sp³-hybridized carbons (Fsp3) is 0.444. The van der Waals surface area contributed by atoms with Gasteiger partial charge in [0.05, 0.1) is 0 Å². The Hall–Kier alpha value is -2.70. The summed E-state index contributed by atoms with van der Waals surface area (Å²) in [6.45, 7) is 0.682. The van der Waals surface area contributed by atoms with Gasteiger partial charge in [0.1, 0.15) is 5.82 Å². The molecule has 7 heteroatoms. The second-order valence-corrected chi connectivity index (χ2v) is 6.49. The molecular formula is C18H22N6O. The monoisotopic (exact) mass is 338 g/mol. The number of hydrogen-bond donors (Lipinski definition) is 2. The number of carbonyl (C=O) groups is 1. The number of nitrogens with zero attached hydrogens (tertiary/aromatic N) is 4. The van der Waals surface area contributed by atoms with E-state index in [9.17, 15) is 4.79 Å². The molecule has 0 saturated heterocycles. The third kappa shape index (κ3) is 3.26. The van der Waals surface area contributed by atoms with Gasteiger partial charge in [-0.25, -0.2) is 0 Å². The van der Waals surface area contributed by atoms with E-state index in [1.165, 1.54) is 0 Å². The first-order valence-electron chi connectivity index (χ1n) is 8.96. The lowest BCUT2D eigenvalue weighted by Gasteiger charge is -2.04. The van der Waals surface area contributed by atoms with Crippen LogP contribution in [-0.4, -0.2) is 37.2 Å². The van der Waals surface area contributed by atoms with Crippen molar-refractivity contribution in [1.29, 1.82) is 0 Å². The van der Waals surface area contributed by atoms with E-state index >= 15 is 0 Å². The van der Waals surface area contributed by atoms with Crippen LogP contribution in [0.2, 0.25) is 0 Å². The molecule has 3 aromatic rings. The Morgan fingerprint density at radius 2 is 2.16 bits per heavy atom. The van der Waals surface area contributed by atoms with Crippen LogP contribution in [0.3, 0.4) is 0 Å². The Balaban J connectivity index is 1.19. The number of amides is 1. The van der Waals surface area contributed by atoms with Crippen molar-refractivity contribution in [2.45, 2.75) is 44.9 Å². The van der Waals surface area contributed by atoms with Gasteiger partial charge in [0.15, 0.2) is 11.3 Å². The summed E-state index contributed by atoms with van der Waals surface area (Å²) in [5.41, 5.74) is 3.71. The van der Waals surface area contributed by atoms with Gasteiger partial charge in [-0.15, -0.1) is 10.2 Å². The molecule has 1 aliphatic carbocycles. The summed E-state index contributed by atoms with van der Waals surface area (Å²) in [4.78, 5) is 12.2. The molecule has 3 aromatic heterocycles. The number of fused-ring (bicyclic) bond motifs is 2. The molecule has 7 nitrogen and oxygen atoms in total. The molecule has 0 aliphatic heterocycles. The third-order valence-electron chi connectivity index (χ3n) is 4.77. The highest BCUT2D eigenvalue weighted by Crippen LogP contribution is 2.22. The first-order valence-corrected chi connectivity index (χ1v) is 8.96. The molecule has 3 heterocycles. The van der Waals surface area contributed by atoms with E-state index in [-0.39, 0.29) is 5.91 Å². The van der Waals surface area contributed by atoms with Crippen LogP contribution in [0.25, 0.3) is 5.65 Å². The van der Waals surface area contributed by atoms with Gasteiger partial charge in [0, 0.05) is 30.4 Å². The van der Waals surface area contributed by atoms with Crippen molar-refractivity contribution in [3.05, 3.63) is 47.2 Å². The molecule has 0 fully saturated rings. The summed E-state index contributed by atoms with van der Waals surface area (Å²) >= 11 is 0. The van der Waals surface area contributed by atoms with Crippen LogP contribution in [0, 0.1) is 0 Å². The molecular weight excluding hydrogens is 316 g/mol. The maximum Gasteiger partial charge on any atom is 0.272 e. The Kier molecular flexibility index (Phi) is 4.45. The van der Waals surface area contributed by atoms with Gasteiger partial charge >= 0.3 is 0 Å². The topological polar surface area (TPSA) is 88.0 Å². The second kappa shape index (κ2) is 7.04. The predicted molar refractivity (Wildman–Crippen MR) is 93.5 cm³/mol. The molecule has 130 valence electrons. The molecule has 1 aliphatic rings. The van der Waals surface area contributed by atoms with Gasteiger partial charge in [-0.05, 0) is 44.2 Å². The summed E-state index contributed by atoms with van der Waals surface area (Å²) in [5.74, 6) is 0.939. The number of aromatic amines is 1. The number of nitrogens with one attached hydrogen (secondary N) is 2. The zero-order chi connectivity index (χ0) is 17.1. The van der Waals surface area contributed by atoms with Crippen LogP contribution < -0.4 is 5.32 Å². The van der Waals surface area contributed by atoms with E-state index in [2.05, 4.69) is 25.7 Å². The van der Waals surface area contributed by atoms with Gasteiger partial charge in [-0.3, -0.25) is 14.3 Å². The minimum Gasteiger partial charge on any atom is -0.351 e. The van der Waals surface area contributed by atoms with E-state index in [0.29, 0.717) is 12.2 Å². The summed E-state index contributed by atoms with van der Waals surface area (Å²) in [7, 11) is 0. The lowest BCUT2D eigenvalue weighted by Crippen LogP contribution is -2.25. The molecule has 0 saturated carbocycles. The molecule has 0 atom stereocenters. The van der Waals surface area contributed by atoms with Crippen molar-refractivity contribution in [1.82, 2.24) is 30.1 Å². The maximum absolute atomic E-state index is 12.2. The average Bonchev–Trinajstić information content (AvgIpc) is 3.33. The molecule has 0 bridgehead atoms. The zero-order valence-corrected chi connectivity index (χ0v) is 14.2. The minimum absolute atomic E-state index is 0.0529. The van der Waals surface area contributed by atoms with Crippen molar-refractivity contribution >= 4 is 11.6 Å². The van der Waals surface area contributed by atoms with E-state index in [1.54, 1.807) is 0 Å². The lowest BCUT2D eigenvalue weighted by molar-refractivity contribution is 0.0947. The van der Waals surface area contributed by atoms with Crippen molar-refractivity contribution in [2.75, 3.05) is 6.54 Å². The SMILES string of the molecule is O=C(NCCCCCc1nnc2ccccn12)c1n[nH]c2c1CCC2. The van der Waals surface area contributed by atoms with Crippen molar-refractivity contribution in [3.63, 3.8) is 0 Å². The van der Waals surface area contributed by atoms with Gasteiger partial charge in [-0.1, -0.05) is 12.5 Å². The number of unbranched alkanes of at least 4 members (excludes halogenated alkanes) is 2. The highest BCUT2D eigenvalue weighted by molar-refractivity contribution is 5.94. The maximum atomic E-state index is 12.2. The Labute approximate surface area is 145 Å². The van der Waals surface area contributed by atoms with E-state index < -0.39 is 0 Å². The Morgan fingerprint density at radius 1 is 1.20 bits per heavy atom. The summed E-state index contributed by atoms with van der Waals surface area (Å²) < 4.78 is 2.03. The van der Waals surface area contributed by atoms with E-state index in [0.717, 1.165) is 67.7 Å². The molecule has 1 amide bonds. The van der Waals surface area contributed by atoms with Crippen LogP contribution in [0.4, 0.5) is 0 Å². The van der Waals surface area contributed by atoms with E-state index in [4.69, 9.17) is 0 Å². The van der Waals surface area contributed by atoms with Gasteiger partial charge in [-0.2, -0.15) is 5.10 Å². The van der Waals surface area contributed by atoms with Gasteiger partial charge < -0.3 is 5.32 Å². The summed E-state index contributed by atoms with van der Waals surface area (Å²) in [5, 5.41) is 18.5. The molecule has 0 unspecified atom stereocenters. The first kappa shape index (κ1) is 15.8. The van der Waals surface area contributed by atoms with Crippen molar-refractivity contribution in [3.8, 4) is 0 Å². The Morgan fingerprint density at radius 3 is 3.12 bits per heavy atom. The summed E-state index contributed by atoms with van der Waals surface area (Å²) in [6.07, 6.45) is 8.99. The molecule has 0 aromatic carbocycles. The highest BCUT2D eigenvalue weighted by Gasteiger charge is 2.22. The number of aromatic nitrogens is 5. The predicted octanol–water partition coefficient (Wildman–Crippen LogP) is 2.08. The normalized spacial score (nSPS) is 13.3. The lowest BCUT2D eigenvalue weighted by atomic mass is 10.1. The van der Waals surface area contributed by atoms with E-state index in [1.807, 2.05) is 28.8 Å². The fourth-order valence-corrected chi connectivity index (χ4v) is 3.44. The smallest absolute Gasteiger partial charge is 0.272 e. The summed E-state index contributed by atoms with van der Waals surface area (Å²) in [6, 6.07) is 5.91. The number of carbonyl (C=O) groups excluding carboxylic acids is 1. The number of rotatable bonds is 7. The Bertz CT molecular complexity index is 881. The molecule has 4 rings (SSSR count). The zero-order valence-electron chi connectivity index (χ0n) is 14.2. The first-order chi connectivity index (χ1) is 12.3. The van der Waals surface area contributed by atoms with Gasteiger partial charge in [0.25, 0.3) is 5.91 Å². The number of hydrogen-bond acceptors (Lipinski definition) is 4. The minimum atomic E-state index is -0.0529. The van der Waals surface area contributed by atoms with Crippen molar-refractivity contribution < 1.29 is 4.79 Å². The molecule has 25 heavy (non-hydrogen) atoms. The number of pyridine rings is 1. The van der Waals surface area contributed by atoms with Crippen molar-refractivity contribution in [2.24, 2.45) is 0 Å². The third-order valence-corrected chi connectivity index (χ3v) is 4.77. The molecule has 0 spiro atoms. The largest absolute Gasteiger partial charge is 0.351 e. The van der Waals surface area contributed by atoms with Crippen LogP contribution in [-0.2, 0) is 19.3 Å². The quantitative estimate of drug-likeness (QED) is 0.646. The molecule has 2 N–H and O–H groups in total. The highest BCUT2D eigenvalue weighted by atomic mass is 16.1. The number of aryl methyl sites for hydroxylation is 2. The van der Waals surface area contributed by atoms with Gasteiger partial charge in [0.2, 0.25) is 0 Å². The number of H-pyrrole nitrogens is 1. The van der Waals surface area contributed by atoms with Crippen LogP contribution >= 0.6 is 0 Å². The van der Waals surface area contributed by atoms with Crippen LogP contribution in [0.1, 0.15) is 53.3 Å². The van der Waals surface area contributed by atoms with Crippen LogP contribution in [0.15, 0.2) is 24.4 Å². The molecule has 0 radical (unpaired) electrons. The fourth-order valence-electron chi connectivity index (χ4n) is 3.44. The van der Waals surface area contributed by atoms with Crippen LogP contribution in [0.5, 0.6) is 0 Å². The standard InChI is InChI=1S/C18H22N6O/c25-18(17-13-7-6-8-14(13)20-23-17)19-11-4-1-2-9-15-21-22-16-10-3-5-12-24(15)16/h3,5,10,12H,1-2,4,6-9,11H2,(H,19,25)(H,20,23). The second-order valence-electron chi connectivity index (χ2n) is 6.49.